The van der Waals surface area contributed by atoms with Gasteiger partial charge in [0, 0.05) is 17.4 Å². The van der Waals surface area contributed by atoms with Crippen LogP contribution in [0.4, 0.5) is 5.13 Å². The Kier molecular flexibility index (Phi) is 5.75. The fourth-order valence-corrected chi connectivity index (χ4v) is 5.84. The highest BCUT2D eigenvalue weighted by Gasteiger charge is 2.20. The van der Waals surface area contributed by atoms with Crippen LogP contribution in [-0.2, 0) is 27.5 Å². The SMILES string of the molecule is Cc1ccc(-c2csc(NC(=O)CCS(=O)(=O)c3ccc4c(c3)CCC4)n2)c(C)c1. The lowest BCUT2D eigenvalue weighted by atomic mass is 10.0. The van der Waals surface area contributed by atoms with Gasteiger partial charge < -0.3 is 5.32 Å². The van der Waals surface area contributed by atoms with E-state index in [0.29, 0.717) is 10.0 Å². The lowest BCUT2D eigenvalue weighted by molar-refractivity contribution is -0.115. The van der Waals surface area contributed by atoms with Crippen molar-refractivity contribution < 1.29 is 13.2 Å². The first-order valence-electron chi connectivity index (χ1n) is 9.99. The largest absolute Gasteiger partial charge is 0.302 e. The zero-order valence-corrected chi connectivity index (χ0v) is 18.7. The number of nitrogens with zero attached hydrogens (tertiary/aromatic N) is 1. The maximum absolute atomic E-state index is 12.6. The second-order valence-corrected chi connectivity index (χ2v) is 10.7. The van der Waals surface area contributed by atoms with E-state index < -0.39 is 9.84 Å². The normalized spacial score (nSPS) is 13.3. The van der Waals surface area contributed by atoms with E-state index in [0.717, 1.165) is 41.6 Å². The number of thiazole rings is 1. The molecule has 2 aromatic carbocycles. The van der Waals surface area contributed by atoms with Gasteiger partial charge in [-0.15, -0.1) is 11.3 Å². The number of aromatic nitrogens is 1. The first-order chi connectivity index (χ1) is 14.3. The molecule has 4 rings (SSSR count). The molecule has 0 spiro atoms. The molecule has 1 aliphatic rings. The Morgan fingerprint density at radius 3 is 2.70 bits per heavy atom. The Labute approximate surface area is 181 Å². The lowest BCUT2D eigenvalue weighted by Gasteiger charge is -2.07. The molecule has 0 saturated heterocycles. The summed E-state index contributed by atoms with van der Waals surface area (Å²) in [7, 11) is -3.49. The van der Waals surface area contributed by atoms with Crippen LogP contribution in [0.25, 0.3) is 11.3 Å². The van der Waals surface area contributed by atoms with Gasteiger partial charge in [-0.2, -0.15) is 0 Å². The Morgan fingerprint density at radius 2 is 1.90 bits per heavy atom. The van der Waals surface area contributed by atoms with Gasteiger partial charge in [0.05, 0.1) is 16.3 Å². The highest BCUT2D eigenvalue weighted by atomic mass is 32.2. The minimum Gasteiger partial charge on any atom is -0.302 e. The number of benzene rings is 2. The van der Waals surface area contributed by atoms with Gasteiger partial charge in [-0.05, 0) is 61.9 Å². The summed E-state index contributed by atoms with van der Waals surface area (Å²) in [4.78, 5) is 17.1. The molecule has 156 valence electrons. The van der Waals surface area contributed by atoms with Gasteiger partial charge in [0.15, 0.2) is 15.0 Å². The van der Waals surface area contributed by atoms with Crippen LogP contribution in [0.1, 0.15) is 35.1 Å². The maximum Gasteiger partial charge on any atom is 0.227 e. The Balaban J connectivity index is 1.39. The minimum absolute atomic E-state index is 0.0993. The Hall–Kier alpha value is -2.51. The molecule has 0 fully saturated rings. The van der Waals surface area contributed by atoms with E-state index in [1.807, 2.05) is 37.4 Å². The fraction of sp³-hybridized carbons (Fsp3) is 0.304. The molecule has 0 saturated carbocycles. The molecule has 30 heavy (non-hydrogen) atoms. The zero-order valence-electron chi connectivity index (χ0n) is 17.1. The average molecular weight is 441 g/mol. The van der Waals surface area contributed by atoms with E-state index in [-0.39, 0.29) is 18.1 Å². The molecule has 1 aliphatic carbocycles. The number of hydrogen-bond donors (Lipinski definition) is 1. The summed E-state index contributed by atoms with van der Waals surface area (Å²) < 4.78 is 25.3. The summed E-state index contributed by atoms with van der Waals surface area (Å²) in [5, 5.41) is 5.11. The molecule has 0 unspecified atom stereocenters. The number of anilines is 1. The van der Waals surface area contributed by atoms with Gasteiger partial charge in [0.1, 0.15) is 0 Å². The molecule has 0 radical (unpaired) electrons. The number of hydrogen-bond acceptors (Lipinski definition) is 5. The van der Waals surface area contributed by atoms with Crippen molar-refractivity contribution in [2.45, 2.75) is 44.4 Å². The molecule has 1 amide bonds. The number of carbonyl (C=O) groups excluding carboxylic acids is 1. The molecule has 0 atom stereocenters. The van der Waals surface area contributed by atoms with E-state index >= 15 is 0 Å². The smallest absolute Gasteiger partial charge is 0.227 e. The van der Waals surface area contributed by atoms with Crippen LogP contribution in [0.5, 0.6) is 0 Å². The number of rotatable bonds is 6. The third kappa shape index (κ3) is 4.47. The van der Waals surface area contributed by atoms with Crippen LogP contribution < -0.4 is 5.32 Å². The molecule has 1 N–H and O–H groups in total. The summed E-state index contributed by atoms with van der Waals surface area (Å²) >= 11 is 1.34. The molecule has 0 bridgehead atoms. The summed E-state index contributed by atoms with van der Waals surface area (Å²) in [5.41, 5.74) is 6.48. The van der Waals surface area contributed by atoms with E-state index in [4.69, 9.17) is 0 Å². The number of nitrogens with one attached hydrogen (secondary N) is 1. The second-order valence-electron chi connectivity index (χ2n) is 7.76. The van der Waals surface area contributed by atoms with Crippen LogP contribution in [0.2, 0.25) is 0 Å². The predicted molar refractivity (Wildman–Crippen MR) is 121 cm³/mol. The highest BCUT2D eigenvalue weighted by molar-refractivity contribution is 7.91. The van der Waals surface area contributed by atoms with Crippen LogP contribution in [-0.4, -0.2) is 25.1 Å². The predicted octanol–water partition coefficient (Wildman–Crippen LogP) is 4.72. The molecule has 3 aromatic rings. The number of amides is 1. The summed E-state index contributed by atoms with van der Waals surface area (Å²) in [6.07, 6.45) is 2.90. The van der Waals surface area contributed by atoms with Crippen molar-refractivity contribution in [3.8, 4) is 11.3 Å². The van der Waals surface area contributed by atoms with E-state index in [1.54, 1.807) is 12.1 Å². The second kappa shape index (κ2) is 8.32. The first-order valence-corrected chi connectivity index (χ1v) is 12.5. The van der Waals surface area contributed by atoms with Gasteiger partial charge in [0.2, 0.25) is 5.91 Å². The van der Waals surface area contributed by atoms with E-state index in [1.165, 1.54) is 22.5 Å². The summed E-state index contributed by atoms with van der Waals surface area (Å²) in [6.45, 7) is 4.07. The molecular weight excluding hydrogens is 416 g/mol. The Bertz CT molecular complexity index is 1210. The lowest BCUT2D eigenvalue weighted by Crippen LogP contribution is -2.17. The Morgan fingerprint density at radius 1 is 1.10 bits per heavy atom. The zero-order chi connectivity index (χ0) is 21.3. The third-order valence-electron chi connectivity index (χ3n) is 5.44. The minimum atomic E-state index is -3.49. The summed E-state index contributed by atoms with van der Waals surface area (Å²) in [5.74, 6) is -0.561. The van der Waals surface area contributed by atoms with Crippen molar-refractivity contribution in [3.63, 3.8) is 0 Å². The number of sulfone groups is 1. The average Bonchev–Trinajstić information content (AvgIpc) is 3.35. The van der Waals surface area contributed by atoms with Crippen LogP contribution >= 0.6 is 11.3 Å². The van der Waals surface area contributed by atoms with Gasteiger partial charge in [-0.3, -0.25) is 4.79 Å². The molecule has 5 nitrogen and oxygen atoms in total. The quantitative estimate of drug-likeness (QED) is 0.602. The molecule has 1 aromatic heterocycles. The molecule has 7 heteroatoms. The van der Waals surface area contributed by atoms with Gasteiger partial charge in [-0.1, -0.05) is 29.8 Å². The van der Waals surface area contributed by atoms with Crippen molar-refractivity contribution in [1.82, 2.24) is 4.98 Å². The highest BCUT2D eigenvalue weighted by Crippen LogP contribution is 2.28. The topological polar surface area (TPSA) is 76.1 Å². The number of fused-ring (bicyclic) bond motifs is 1. The van der Waals surface area contributed by atoms with Gasteiger partial charge in [-0.25, -0.2) is 13.4 Å². The van der Waals surface area contributed by atoms with Crippen molar-refractivity contribution in [2.75, 3.05) is 11.1 Å². The van der Waals surface area contributed by atoms with Crippen molar-refractivity contribution >= 4 is 32.2 Å². The monoisotopic (exact) mass is 440 g/mol. The molecule has 1 heterocycles. The molecule has 0 aliphatic heterocycles. The summed E-state index contributed by atoms with van der Waals surface area (Å²) in [6, 6.07) is 11.5. The van der Waals surface area contributed by atoms with Crippen molar-refractivity contribution in [1.29, 1.82) is 0 Å². The standard InChI is InChI=1S/C23H24N2O3S2/c1-15-6-9-20(16(2)12-15)21-14-29-23(24-21)25-22(26)10-11-30(27,28)19-8-7-17-4-3-5-18(17)13-19/h6-9,12-14H,3-5,10-11H2,1-2H3,(H,24,25,26). The van der Waals surface area contributed by atoms with E-state index in [9.17, 15) is 13.2 Å². The van der Waals surface area contributed by atoms with Gasteiger partial charge >= 0.3 is 0 Å². The third-order valence-corrected chi connectivity index (χ3v) is 7.91. The van der Waals surface area contributed by atoms with Crippen LogP contribution in [0.15, 0.2) is 46.7 Å². The van der Waals surface area contributed by atoms with E-state index in [2.05, 4.69) is 16.4 Å². The number of aryl methyl sites for hydroxylation is 4. The van der Waals surface area contributed by atoms with Crippen LogP contribution in [0.3, 0.4) is 0 Å². The van der Waals surface area contributed by atoms with Crippen molar-refractivity contribution in [2.24, 2.45) is 0 Å². The number of carbonyl (C=O) groups is 1. The molecular formula is C23H24N2O3S2. The van der Waals surface area contributed by atoms with Crippen molar-refractivity contribution in [3.05, 3.63) is 64.0 Å². The first kappa shape index (κ1) is 20.8. The maximum atomic E-state index is 12.6. The van der Waals surface area contributed by atoms with Crippen LogP contribution in [0, 0.1) is 13.8 Å². The fourth-order valence-electron chi connectivity index (χ4n) is 3.82. The van der Waals surface area contributed by atoms with Gasteiger partial charge in [0.25, 0.3) is 0 Å².